The summed E-state index contributed by atoms with van der Waals surface area (Å²) in [4.78, 5) is 3.73. The van der Waals surface area contributed by atoms with Crippen molar-refractivity contribution in [3.63, 3.8) is 0 Å². The van der Waals surface area contributed by atoms with E-state index < -0.39 is 10.0 Å². The van der Waals surface area contributed by atoms with E-state index in [1.165, 1.54) is 12.3 Å². The van der Waals surface area contributed by atoms with Gasteiger partial charge in [-0.15, -0.1) is 0 Å². The number of nitrogens with zero attached hydrogens (tertiary/aromatic N) is 1. The summed E-state index contributed by atoms with van der Waals surface area (Å²) in [6, 6.07) is 1.35. The molecule has 0 amide bonds. The van der Waals surface area contributed by atoms with Gasteiger partial charge in [0.1, 0.15) is 10.0 Å². The lowest BCUT2D eigenvalue weighted by Crippen LogP contribution is -2.25. The second kappa shape index (κ2) is 3.90. The Morgan fingerprint density at radius 3 is 2.60 bits per heavy atom. The van der Waals surface area contributed by atoms with Crippen molar-refractivity contribution < 1.29 is 8.42 Å². The van der Waals surface area contributed by atoms with Gasteiger partial charge in [0, 0.05) is 12.2 Å². The lowest BCUT2D eigenvalue weighted by Gasteiger charge is -2.05. The molecule has 0 atom stereocenters. The molecule has 0 unspecified atom stereocenters. The summed E-state index contributed by atoms with van der Waals surface area (Å²) in [6.07, 6.45) is 2.96. The van der Waals surface area contributed by atoms with Crippen molar-refractivity contribution in [1.29, 1.82) is 0 Å². The molecule has 0 aromatic carbocycles. The zero-order valence-corrected chi connectivity index (χ0v) is 9.90. The molecule has 82 valence electrons. The first kappa shape index (κ1) is 11.1. The molecular formula is C8H8Cl2N2O2S. The summed E-state index contributed by atoms with van der Waals surface area (Å²) in [5.74, 6) is 0. The fourth-order valence-electron chi connectivity index (χ4n) is 1.04. The van der Waals surface area contributed by atoms with Crippen molar-refractivity contribution in [1.82, 2.24) is 9.71 Å². The summed E-state index contributed by atoms with van der Waals surface area (Å²) in [5, 5.41) is 0.234. The highest BCUT2D eigenvalue weighted by molar-refractivity contribution is 7.89. The van der Waals surface area contributed by atoms with Crippen LogP contribution in [0.4, 0.5) is 0 Å². The second-order valence-electron chi connectivity index (χ2n) is 3.34. The Labute approximate surface area is 97.7 Å². The molecule has 0 aliphatic heterocycles. The quantitative estimate of drug-likeness (QED) is 0.850. The Hall–Kier alpha value is -0.360. The van der Waals surface area contributed by atoms with Crippen LogP contribution in [0.15, 0.2) is 17.2 Å². The summed E-state index contributed by atoms with van der Waals surface area (Å²) in [7, 11) is -3.49. The Bertz CT molecular complexity index is 485. The van der Waals surface area contributed by atoms with E-state index >= 15 is 0 Å². The number of halogens is 2. The van der Waals surface area contributed by atoms with Crippen molar-refractivity contribution >= 4 is 33.2 Å². The molecule has 4 nitrogen and oxygen atoms in total. The number of rotatable bonds is 3. The van der Waals surface area contributed by atoms with Crippen LogP contribution in [0, 0.1) is 0 Å². The number of sulfonamides is 1. The van der Waals surface area contributed by atoms with Crippen LogP contribution in [0.5, 0.6) is 0 Å². The largest absolute Gasteiger partial charge is 0.242 e. The summed E-state index contributed by atoms with van der Waals surface area (Å²) in [6.45, 7) is 0. The minimum Gasteiger partial charge on any atom is -0.242 e. The highest BCUT2D eigenvalue weighted by Crippen LogP contribution is 2.25. The molecule has 1 N–H and O–H groups in total. The Morgan fingerprint density at radius 1 is 1.40 bits per heavy atom. The van der Waals surface area contributed by atoms with Crippen molar-refractivity contribution in [2.75, 3.05) is 0 Å². The van der Waals surface area contributed by atoms with Crippen molar-refractivity contribution in [2.45, 2.75) is 23.8 Å². The third-order valence-electron chi connectivity index (χ3n) is 1.98. The molecule has 1 aromatic heterocycles. The monoisotopic (exact) mass is 266 g/mol. The topological polar surface area (TPSA) is 59.1 Å². The average Bonchev–Trinajstić information content (AvgIpc) is 2.92. The first-order valence-electron chi connectivity index (χ1n) is 4.32. The van der Waals surface area contributed by atoms with Gasteiger partial charge in [0.05, 0.1) is 5.02 Å². The molecule has 0 saturated heterocycles. The third kappa shape index (κ3) is 2.60. The Balaban J connectivity index is 2.31. The fourth-order valence-corrected chi connectivity index (χ4v) is 2.65. The van der Waals surface area contributed by atoms with Crippen LogP contribution < -0.4 is 4.72 Å². The zero-order chi connectivity index (χ0) is 11.1. The molecule has 15 heavy (non-hydrogen) atoms. The van der Waals surface area contributed by atoms with Gasteiger partial charge in [0.15, 0.2) is 0 Å². The second-order valence-corrected chi connectivity index (χ2v) is 5.82. The number of hydrogen-bond acceptors (Lipinski definition) is 3. The van der Waals surface area contributed by atoms with Crippen molar-refractivity contribution in [2.24, 2.45) is 0 Å². The fraction of sp³-hybridized carbons (Fsp3) is 0.375. The van der Waals surface area contributed by atoms with Crippen molar-refractivity contribution in [3.05, 3.63) is 22.4 Å². The van der Waals surface area contributed by atoms with Crippen molar-refractivity contribution in [3.8, 4) is 0 Å². The normalized spacial score (nSPS) is 16.7. The van der Waals surface area contributed by atoms with Crippen LogP contribution in [-0.2, 0) is 10.0 Å². The van der Waals surface area contributed by atoms with E-state index in [1.807, 2.05) is 0 Å². The maximum absolute atomic E-state index is 11.7. The van der Waals surface area contributed by atoms with Crippen LogP contribution in [0.3, 0.4) is 0 Å². The maximum atomic E-state index is 11.7. The van der Waals surface area contributed by atoms with E-state index in [-0.39, 0.29) is 21.1 Å². The Kier molecular flexibility index (Phi) is 2.89. The number of hydrogen-bond donors (Lipinski definition) is 1. The molecule has 1 fully saturated rings. The van der Waals surface area contributed by atoms with Gasteiger partial charge in [-0.05, 0) is 18.9 Å². The maximum Gasteiger partial charge on any atom is 0.242 e. The first-order valence-corrected chi connectivity index (χ1v) is 6.56. The summed E-state index contributed by atoms with van der Waals surface area (Å²) >= 11 is 11.3. The first-order chi connectivity index (χ1) is 6.99. The predicted molar refractivity (Wildman–Crippen MR) is 57.6 cm³/mol. The minimum atomic E-state index is -3.49. The Morgan fingerprint density at radius 2 is 2.07 bits per heavy atom. The molecule has 1 aromatic rings. The predicted octanol–water partition coefficient (Wildman–Crippen LogP) is 1.83. The molecule has 1 saturated carbocycles. The molecular weight excluding hydrogens is 259 g/mol. The van der Waals surface area contributed by atoms with E-state index in [4.69, 9.17) is 23.2 Å². The molecule has 1 aliphatic rings. The van der Waals surface area contributed by atoms with Gasteiger partial charge in [-0.25, -0.2) is 18.1 Å². The SMILES string of the molecule is O=S(=O)(NC1CC1)c1cnc(Cl)c(Cl)c1. The van der Waals surface area contributed by atoms with Crippen LogP contribution >= 0.6 is 23.2 Å². The molecule has 0 spiro atoms. The number of aromatic nitrogens is 1. The standard InChI is InChI=1S/C8H8Cl2N2O2S/c9-7-3-6(4-11-8(7)10)15(13,14)12-5-1-2-5/h3-5,12H,1-2H2. The smallest absolute Gasteiger partial charge is 0.242 e. The molecule has 0 bridgehead atoms. The highest BCUT2D eigenvalue weighted by atomic mass is 35.5. The average molecular weight is 267 g/mol. The molecule has 0 radical (unpaired) electrons. The molecule has 2 rings (SSSR count). The molecule has 1 heterocycles. The lowest BCUT2D eigenvalue weighted by atomic mass is 10.5. The van der Waals surface area contributed by atoms with Gasteiger partial charge < -0.3 is 0 Å². The van der Waals surface area contributed by atoms with Gasteiger partial charge in [-0.3, -0.25) is 0 Å². The van der Waals surface area contributed by atoms with E-state index in [2.05, 4.69) is 9.71 Å². The van der Waals surface area contributed by atoms with Crippen LogP contribution in [0.1, 0.15) is 12.8 Å². The van der Waals surface area contributed by atoms with Gasteiger partial charge in [-0.2, -0.15) is 0 Å². The van der Waals surface area contributed by atoms with E-state index in [1.54, 1.807) is 0 Å². The van der Waals surface area contributed by atoms with E-state index in [9.17, 15) is 8.42 Å². The van der Waals surface area contributed by atoms with Crippen LogP contribution in [0.2, 0.25) is 10.2 Å². The molecule has 1 aliphatic carbocycles. The van der Waals surface area contributed by atoms with Gasteiger partial charge in [0.2, 0.25) is 10.0 Å². The van der Waals surface area contributed by atoms with Gasteiger partial charge in [-0.1, -0.05) is 23.2 Å². The van der Waals surface area contributed by atoms with Crippen LogP contribution in [0.25, 0.3) is 0 Å². The third-order valence-corrected chi connectivity index (χ3v) is 4.15. The van der Waals surface area contributed by atoms with E-state index in [0.29, 0.717) is 0 Å². The highest BCUT2D eigenvalue weighted by Gasteiger charge is 2.28. The zero-order valence-electron chi connectivity index (χ0n) is 7.57. The summed E-state index contributed by atoms with van der Waals surface area (Å²) < 4.78 is 25.9. The molecule has 7 heteroatoms. The lowest BCUT2D eigenvalue weighted by molar-refractivity contribution is 0.580. The summed E-state index contributed by atoms with van der Waals surface area (Å²) in [5.41, 5.74) is 0. The minimum absolute atomic E-state index is 0.0452. The van der Waals surface area contributed by atoms with E-state index in [0.717, 1.165) is 12.8 Å². The van der Waals surface area contributed by atoms with Crippen LogP contribution in [-0.4, -0.2) is 19.4 Å². The van der Waals surface area contributed by atoms with Gasteiger partial charge >= 0.3 is 0 Å². The number of nitrogens with one attached hydrogen (secondary N) is 1. The number of pyridine rings is 1. The van der Waals surface area contributed by atoms with Gasteiger partial charge in [0.25, 0.3) is 0 Å².